The van der Waals surface area contributed by atoms with Crippen LogP contribution in [0.4, 0.5) is 0 Å². The van der Waals surface area contributed by atoms with E-state index in [0.717, 1.165) is 29.3 Å². The molecule has 2 N–H and O–H groups in total. The number of nitrogens with one attached hydrogen (secondary N) is 2. The van der Waals surface area contributed by atoms with E-state index in [1.807, 2.05) is 6.92 Å². The molecule has 2 rings (SSSR count). The zero-order chi connectivity index (χ0) is 10.5. The molecule has 0 bridgehead atoms. The molecular weight excluding hydrogens is 208 g/mol. The zero-order valence-corrected chi connectivity index (χ0v) is 9.94. The van der Waals surface area contributed by atoms with Crippen molar-refractivity contribution in [1.82, 2.24) is 20.5 Å². The molecule has 0 atom stereocenters. The molecule has 84 valence electrons. The standard InChI is InChI=1S/C10H18N4S/c1-8-12-10(14-13-8)15-7-6-11-9-4-2-3-5-9/h9,11H,2-7H2,1H3,(H,12,13,14). The first kappa shape index (κ1) is 11.0. The molecule has 1 aromatic heterocycles. The van der Waals surface area contributed by atoms with Crippen LogP contribution in [-0.2, 0) is 0 Å². The topological polar surface area (TPSA) is 53.6 Å². The number of H-pyrrole nitrogens is 1. The van der Waals surface area contributed by atoms with Crippen molar-refractivity contribution in [3.63, 3.8) is 0 Å². The van der Waals surface area contributed by atoms with Crippen LogP contribution in [0.25, 0.3) is 0 Å². The highest BCUT2D eigenvalue weighted by molar-refractivity contribution is 7.99. The highest BCUT2D eigenvalue weighted by Gasteiger charge is 2.13. The molecule has 1 aliphatic carbocycles. The summed E-state index contributed by atoms with van der Waals surface area (Å²) < 4.78 is 0. The Balaban J connectivity index is 1.58. The molecule has 4 nitrogen and oxygen atoms in total. The third kappa shape index (κ3) is 3.50. The van der Waals surface area contributed by atoms with Gasteiger partial charge in [0.25, 0.3) is 0 Å². The van der Waals surface area contributed by atoms with Crippen molar-refractivity contribution in [3.8, 4) is 0 Å². The van der Waals surface area contributed by atoms with E-state index in [1.54, 1.807) is 11.8 Å². The Morgan fingerprint density at radius 1 is 1.47 bits per heavy atom. The Hall–Kier alpha value is -0.550. The number of rotatable bonds is 5. The Morgan fingerprint density at radius 3 is 2.93 bits per heavy atom. The lowest BCUT2D eigenvalue weighted by molar-refractivity contribution is 0.545. The largest absolute Gasteiger partial charge is 0.313 e. The third-order valence-corrected chi connectivity index (χ3v) is 3.55. The lowest BCUT2D eigenvalue weighted by Crippen LogP contribution is -2.28. The van der Waals surface area contributed by atoms with Gasteiger partial charge in [0, 0.05) is 18.3 Å². The van der Waals surface area contributed by atoms with E-state index in [0.29, 0.717) is 0 Å². The Kier molecular flexibility index (Phi) is 4.02. The first-order chi connectivity index (χ1) is 7.34. The van der Waals surface area contributed by atoms with Crippen molar-refractivity contribution in [2.75, 3.05) is 12.3 Å². The van der Waals surface area contributed by atoms with E-state index >= 15 is 0 Å². The molecule has 5 heteroatoms. The van der Waals surface area contributed by atoms with Gasteiger partial charge >= 0.3 is 0 Å². The van der Waals surface area contributed by atoms with Crippen molar-refractivity contribution < 1.29 is 0 Å². The molecule has 0 amide bonds. The van der Waals surface area contributed by atoms with Crippen LogP contribution < -0.4 is 5.32 Å². The van der Waals surface area contributed by atoms with Crippen LogP contribution in [0.5, 0.6) is 0 Å². The van der Waals surface area contributed by atoms with Gasteiger partial charge in [0.15, 0.2) is 0 Å². The summed E-state index contributed by atoms with van der Waals surface area (Å²) >= 11 is 1.71. The fourth-order valence-electron chi connectivity index (χ4n) is 1.92. The molecule has 1 aromatic rings. The minimum Gasteiger partial charge on any atom is -0.313 e. The van der Waals surface area contributed by atoms with Gasteiger partial charge in [0.2, 0.25) is 5.16 Å². The number of hydrogen-bond donors (Lipinski definition) is 2. The number of nitrogens with zero attached hydrogens (tertiary/aromatic N) is 2. The Morgan fingerprint density at radius 2 is 2.27 bits per heavy atom. The Labute approximate surface area is 94.6 Å². The van der Waals surface area contributed by atoms with Gasteiger partial charge in [-0.05, 0) is 19.8 Å². The smallest absolute Gasteiger partial charge is 0.208 e. The lowest BCUT2D eigenvalue weighted by Gasteiger charge is -2.10. The van der Waals surface area contributed by atoms with E-state index < -0.39 is 0 Å². The highest BCUT2D eigenvalue weighted by atomic mass is 32.2. The van der Waals surface area contributed by atoms with E-state index in [1.165, 1.54) is 25.7 Å². The summed E-state index contributed by atoms with van der Waals surface area (Å²) in [6, 6.07) is 0.763. The number of aromatic nitrogens is 3. The molecule has 0 aliphatic heterocycles. The lowest BCUT2D eigenvalue weighted by atomic mass is 10.2. The predicted octanol–water partition coefficient (Wildman–Crippen LogP) is 1.74. The maximum Gasteiger partial charge on any atom is 0.208 e. The van der Waals surface area contributed by atoms with E-state index in [9.17, 15) is 0 Å². The van der Waals surface area contributed by atoms with Crippen molar-refractivity contribution in [2.24, 2.45) is 0 Å². The predicted molar refractivity (Wildman–Crippen MR) is 62.1 cm³/mol. The molecule has 1 aliphatic rings. The molecule has 0 radical (unpaired) electrons. The molecule has 1 saturated carbocycles. The van der Waals surface area contributed by atoms with Crippen LogP contribution >= 0.6 is 11.8 Å². The van der Waals surface area contributed by atoms with E-state index in [2.05, 4.69) is 20.5 Å². The maximum absolute atomic E-state index is 4.25. The van der Waals surface area contributed by atoms with Gasteiger partial charge in [0.05, 0.1) is 0 Å². The average molecular weight is 226 g/mol. The first-order valence-corrected chi connectivity index (χ1v) is 6.58. The number of thioether (sulfide) groups is 1. The fourth-order valence-corrected chi connectivity index (χ4v) is 2.64. The molecular formula is C10H18N4S. The van der Waals surface area contributed by atoms with Gasteiger partial charge in [-0.3, -0.25) is 5.10 Å². The van der Waals surface area contributed by atoms with Crippen LogP contribution in [0, 0.1) is 6.92 Å². The van der Waals surface area contributed by atoms with Crippen LogP contribution in [0.15, 0.2) is 5.16 Å². The molecule has 15 heavy (non-hydrogen) atoms. The van der Waals surface area contributed by atoms with E-state index in [4.69, 9.17) is 0 Å². The van der Waals surface area contributed by atoms with Gasteiger partial charge in [-0.25, -0.2) is 4.98 Å². The van der Waals surface area contributed by atoms with E-state index in [-0.39, 0.29) is 0 Å². The summed E-state index contributed by atoms with van der Waals surface area (Å²) in [5, 5.41) is 11.4. The summed E-state index contributed by atoms with van der Waals surface area (Å²) in [5.74, 6) is 1.94. The minimum atomic E-state index is 0.763. The van der Waals surface area contributed by atoms with Crippen molar-refractivity contribution in [1.29, 1.82) is 0 Å². The second kappa shape index (κ2) is 5.51. The second-order valence-corrected chi connectivity index (χ2v) is 5.05. The highest BCUT2D eigenvalue weighted by Crippen LogP contribution is 2.18. The summed E-state index contributed by atoms with van der Waals surface area (Å²) in [5.41, 5.74) is 0. The SMILES string of the molecule is Cc1nc(SCCNC2CCCC2)n[nH]1. The van der Waals surface area contributed by atoms with Crippen LogP contribution in [-0.4, -0.2) is 33.5 Å². The quantitative estimate of drug-likeness (QED) is 0.593. The molecule has 0 unspecified atom stereocenters. The summed E-state index contributed by atoms with van der Waals surface area (Å²) in [6.45, 7) is 2.98. The maximum atomic E-state index is 4.25. The molecule has 1 fully saturated rings. The molecule has 0 spiro atoms. The van der Waals surface area contributed by atoms with Crippen LogP contribution in [0.3, 0.4) is 0 Å². The van der Waals surface area contributed by atoms with Gasteiger partial charge in [0.1, 0.15) is 5.82 Å². The van der Waals surface area contributed by atoms with Crippen molar-refractivity contribution in [2.45, 2.75) is 43.8 Å². The normalized spacial score (nSPS) is 17.4. The fraction of sp³-hybridized carbons (Fsp3) is 0.800. The number of hydrogen-bond acceptors (Lipinski definition) is 4. The van der Waals surface area contributed by atoms with Crippen LogP contribution in [0.1, 0.15) is 31.5 Å². The van der Waals surface area contributed by atoms with Crippen molar-refractivity contribution >= 4 is 11.8 Å². The van der Waals surface area contributed by atoms with Crippen molar-refractivity contribution in [3.05, 3.63) is 5.82 Å². The summed E-state index contributed by atoms with van der Waals surface area (Å²) in [6.07, 6.45) is 5.49. The molecule has 1 heterocycles. The molecule has 0 saturated heterocycles. The molecule has 0 aromatic carbocycles. The van der Waals surface area contributed by atoms with Crippen LogP contribution in [0.2, 0.25) is 0 Å². The van der Waals surface area contributed by atoms with Gasteiger partial charge in [-0.2, -0.15) is 0 Å². The minimum absolute atomic E-state index is 0.763. The third-order valence-electron chi connectivity index (χ3n) is 2.70. The summed E-state index contributed by atoms with van der Waals surface area (Å²) in [7, 11) is 0. The van der Waals surface area contributed by atoms with Gasteiger partial charge in [-0.15, -0.1) is 5.10 Å². The average Bonchev–Trinajstić information content (AvgIpc) is 2.84. The zero-order valence-electron chi connectivity index (χ0n) is 9.12. The number of aromatic amines is 1. The Bertz CT molecular complexity index is 293. The van der Waals surface area contributed by atoms with Gasteiger partial charge in [-0.1, -0.05) is 24.6 Å². The second-order valence-electron chi connectivity index (χ2n) is 3.99. The first-order valence-electron chi connectivity index (χ1n) is 5.60. The van der Waals surface area contributed by atoms with Gasteiger partial charge < -0.3 is 5.32 Å². The summed E-state index contributed by atoms with van der Waals surface area (Å²) in [4.78, 5) is 4.25. The monoisotopic (exact) mass is 226 g/mol. The number of aryl methyl sites for hydroxylation is 1.